The molecular formula is C16H23NO2. The lowest BCUT2D eigenvalue weighted by molar-refractivity contribution is -0.0586. The quantitative estimate of drug-likeness (QED) is 0.755. The summed E-state index contributed by atoms with van der Waals surface area (Å²) in [4.78, 5) is 0. The van der Waals surface area contributed by atoms with E-state index in [1.54, 1.807) is 0 Å². The summed E-state index contributed by atoms with van der Waals surface area (Å²) in [5, 5.41) is 10.6. The summed E-state index contributed by atoms with van der Waals surface area (Å²) in [7, 11) is 0. The Bertz CT molecular complexity index is 492. The second-order valence-electron chi connectivity index (χ2n) is 6.20. The Morgan fingerprint density at radius 3 is 2.58 bits per heavy atom. The number of aryl methyl sites for hydroxylation is 2. The zero-order valence-corrected chi connectivity index (χ0v) is 11.8. The lowest BCUT2D eigenvalue weighted by Gasteiger charge is -2.48. The molecule has 3 heteroatoms. The van der Waals surface area contributed by atoms with Gasteiger partial charge in [-0.25, -0.2) is 0 Å². The second-order valence-corrected chi connectivity index (χ2v) is 6.20. The summed E-state index contributed by atoms with van der Waals surface area (Å²) >= 11 is 0. The van der Waals surface area contributed by atoms with E-state index >= 15 is 0 Å². The van der Waals surface area contributed by atoms with E-state index in [9.17, 15) is 5.11 Å². The third-order valence-corrected chi connectivity index (χ3v) is 4.72. The van der Waals surface area contributed by atoms with Gasteiger partial charge in [-0.2, -0.15) is 0 Å². The average molecular weight is 261 g/mol. The van der Waals surface area contributed by atoms with Gasteiger partial charge in [0.1, 0.15) is 17.5 Å². The van der Waals surface area contributed by atoms with Gasteiger partial charge in [0.2, 0.25) is 0 Å². The molecule has 1 fully saturated rings. The molecule has 0 radical (unpaired) electrons. The number of rotatable bonds is 0. The fourth-order valence-electron chi connectivity index (χ4n) is 3.68. The van der Waals surface area contributed by atoms with Crippen LogP contribution in [0.5, 0.6) is 5.75 Å². The van der Waals surface area contributed by atoms with Crippen LogP contribution in [0.1, 0.15) is 54.9 Å². The Morgan fingerprint density at radius 1 is 1.21 bits per heavy atom. The zero-order valence-electron chi connectivity index (χ0n) is 11.8. The minimum atomic E-state index is -0.611. The third-order valence-electron chi connectivity index (χ3n) is 4.72. The standard InChI is InChI=1S/C16H23NO2/c1-10-8-11(2)14-12(9-10)13(18)15(17)16(19-14)6-4-3-5-7-16/h8-9,13,15,18H,3-7,17H2,1-2H3. The van der Waals surface area contributed by atoms with Gasteiger partial charge < -0.3 is 15.6 Å². The molecule has 1 aromatic carbocycles. The summed E-state index contributed by atoms with van der Waals surface area (Å²) in [6.45, 7) is 4.09. The first-order valence-corrected chi connectivity index (χ1v) is 7.27. The van der Waals surface area contributed by atoms with E-state index in [4.69, 9.17) is 10.5 Å². The molecular weight excluding hydrogens is 238 g/mol. The molecule has 0 aromatic heterocycles. The highest BCUT2D eigenvalue weighted by Crippen LogP contribution is 2.46. The minimum absolute atomic E-state index is 0.318. The van der Waals surface area contributed by atoms with Crippen LogP contribution in [0.15, 0.2) is 12.1 Å². The highest BCUT2D eigenvalue weighted by molar-refractivity contribution is 5.48. The van der Waals surface area contributed by atoms with E-state index in [1.165, 1.54) is 6.42 Å². The molecule has 3 rings (SSSR count). The molecule has 1 aliphatic carbocycles. The number of hydrogen-bond donors (Lipinski definition) is 2. The van der Waals surface area contributed by atoms with Crippen LogP contribution < -0.4 is 10.5 Å². The van der Waals surface area contributed by atoms with Gasteiger partial charge in [0.25, 0.3) is 0 Å². The van der Waals surface area contributed by atoms with Crippen LogP contribution in [0.3, 0.4) is 0 Å². The van der Waals surface area contributed by atoms with Crippen molar-refractivity contribution in [2.24, 2.45) is 5.73 Å². The van der Waals surface area contributed by atoms with Crippen LogP contribution in [0.2, 0.25) is 0 Å². The number of fused-ring (bicyclic) bond motifs is 1. The Labute approximate surface area is 114 Å². The van der Waals surface area contributed by atoms with E-state index in [2.05, 4.69) is 6.07 Å². The zero-order chi connectivity index (χ0) is 13.6. The molecule has 19 heavy (non-hydrogen) atoms. The van der Waals surface area contributed by atoms with Gasteiger partial charge in [-0.15, -0.1) is 0 Å². The number of aliphatic hydroxyl groups is 1. The van der Waals surface area contributed by atoms with Crippen molar-refractivity contribution >= 4 is 0 Å². The highest BCUT2D eigenvalue weighted by atomic mass is 16.5. The van der Waals surface area contributed by atoms with Gasteiger partial charge in [0, 0.05) is 5.56 Å². The molecule has 0 saturated heterocycles. The summed E-state index contributed by atoms with van der Waals surface area (Å²) in [5.74, 6) is 0.863. The Kier molecular flexibility index (Phi) is 3.06. The van der Waals surface area contributed by atoms with Crippen LogP contribution in [0.4, 0.5) is 0 Å². The minimum Gasteiger partial charge on any atom is -0.485 e. The van der Waals surface area contributed by atoms with Crippen molar-refractivity contribution in [3.63, 3.8) is 0 Å². The van der Waals surface area contributed by atoms with Crippen molar-refractivity contribution in [3.8, 4) is 5.75 Å². The maximum atomic E-state index is 10.6. The molecule has 3 nitrogen and oxygen atoms in total. The lowest BCUT2D eigenvalue weighted by atomic mass is 9.74. The largest absolute Gasteiger partial charge is 0.485 e. The van der Waals surface area contributed by atoms with Crippen molar-refractivity contribution in [1.29, 1.82) is 0 Å². The lowest BCUT2D eigenvalue weighted by Crippen LogP contribution is -2.58. The van der Waals surface area contributed by atoms with E-state index in [-0.39, 0.29) is 11.6 Å². The average Bonchev–Trinajstić information content (AvgIpc) is 2.39. The van der Waals surface area contributed by atoms with Gasteiger partial charge >= 0.3 is 0 Å². The maximum absolute atomic E-state index is 10.6. The first-order chi connectivity index (χ1) is 9.03. The van der Waals surface area contributed by atoms with Crippen molar-refractivity contribution in [2.75, 3.05) is 0 Å². The molecule has 2 atom stereocenters. The number of nitrogens with two attached hydrogens (primary N) is 1. The monoisotopic (exact) mass is 261 g/mol. The molecule has 0 amide bonds. The first-order valence-electron chi connectivity index (χ1n) is 7.27. The van der Waals surface area contributed by atoms with Crippen molar-refractivity contribution in [3.05, 3.63) is 28.8 Å². The van der Waals surface area contributed by atoms with E-state index in [1.807, 2.05) is 19.9 Å². The van der Waals surface area contributed by atoms with Crippen LogP contribution in [-0.2, 0) is 0 Å². The molecule has 1 spiro atoms. The Hall–Kier alpha value is -1.06. The molecule has 1 heterocycles. The normalized spacial score (nSPS) is 28.8. The Balaban J connectivity index is 2.07. The molecule has 3 N–H and O–H groups in total. The Morgan fingerprint density at radius 2 is 1.89 bits per heavy atom. The van der Waals surface area contributed by atoms with Crippen molar-refractivity contribution in [1.82, 2.24) is 0 Å². The topological polar surface area (TPSA) is 55.5 Å². The number of benzene rings is 1. The molecule has 2 aliphatic rings. The van der Waals surface area contributed by atoms with E-state index in [0.29, 0.717) is 0 Å². The number of hydrogen-bond acceptors (Lipinski definition) is 3. The number of aliphatic hydroxyl groups excluding tert-OH is 1. The van der Waals surface area contributed by atoms with Gasteiger partial charge in [-0.05, 0) is 51.2 Å². The third kappa shape index (κ3) is 1.96. The maximum Gasteiger partial charge on any atom is 0.129 e. The molecule has 0 bridgehead atoms. The smallest absolute Gasteiger partial charge is 0.129 e. The molecule has 1 aliphatic heterocycles. The highest BCUT2D eigenvalue weighted by Gasteiger charge is 2.48. The summed E-state index contributed by atoms with van der Waals surface area (Å²) in [5.41, 5.74) is 9.08. The van der Waals surface area contributed by atoms with Crippen molar-refractivity contribution in [2.45, 2.75) is 63.7 Å². The SMILES string of the molecule is Cc1cc(C)c2c(c1)C(O)C(N)C1(CCCCC1)O2. The van der Waals surface area contributed by atoms with Gasteiger partial charge in [-0.1, -0.05) is 18.1 Å². The van der Waals surface area contributed by atoms with Gasteiger partial charge in [0.05, 0.1) is 6.04 Å². The predicted molar refractivity (Wildman–Crippen MR) is 75.3 cm³/mol. The summed E-state index contributed by atoms with van der Waals surface area (Å²) < 4.78 is 6.34. The van der Waals surface area contributed by atoms with Crippen LogP contribution in [0, 0.1) is 13.8 Å². The van der Waals surface area contributed by atoms with Crippen LogP contribution in [-0.4, -0.2) is 16.7 Å². The van der Waals surface area contributed by atoms with Crippen LogP contribution >= 0.6 is 0 Å². The second kappa shape index (κ2) is 4.50. The summed E-state index contributed by atoms with van der Waals surface area (Å²) in [6, 6.07) is 3.79. The van der Waals surface area contributed by atoms with Crippen LogP contribution in [0.25, 0.3) is 0 Å². The van der Waals surface area contributed by atoms with Gasteiger partial charge in [0.15, 0.2) is 0 Å². The number of ether oxygens (including phenoxy) is 1. The fourth-order valence-corrected chi connectivity index (χ4v) is 3.68. The van der Waals surface area contributed by atoms with E-state index < -0.39 is 6.10 Å². The molecule has 1 aromatic rings. The fraction of sp³-hybridized carbons (Fsp3) is 0.625. The van der Waals surface area contributed by atoms with Crippen molar-refractivity contribution < 1.29 is 9.84 Å². The predicted octanol–water partition coefficient (Wildman–Crippen LogP) is 2.76. The molecule has 2 unspecified atom stereocenters. The molecule has 104 valence electrons. The van der Waals surface area contributed by atoms with Gasteiger partial charge in [-0.3, -0.25) is 0 Å². The molecule has 1 saturated carbocycles. The first kappa shape index (κ1) is 12.9. The van der Waals surface area contributed by atoms with E-state index in [0.717, 1.165) is 48.1 Å². The summed E-state index contributed by atoms with van der Waals surface area (Å²) in [6.07, 6.45) is 4.82.